The van der Waals surface area contributed by atoms with Gasteiger partial charge in [-0.15, -0.1) is 0 Å². The minimum atomic E-state index is -0.691. The highest BCUT2D eigenvalue weighted by atomic mass is 16.3. The number of rotatable bonds is 5. The Bertz CT molecular complexity index is 484. The molecule has 1 aromatic carbocycles. The molecule has 2 aromatic rings. The van der Waals surface area contributed by atoms with E-state index in [0.717, 1.165) is 16.9 Å². The molecule has 0 aliphatic carbocycles. The van der Waals surface area contributed by atoms with Gasteiger partial charge in [-0.1, -0.05) is 29.8 Å². The average molecular weight is 246 g/mol. The van der Waals surface area contributed by atoms with Gasteiger partial charge in [0, 0.05) is 11.8 Å². The number of aryl methyl sites for hydroxylation is 1. The Morgan fingerprint density at radius 3 is 2.44 bits per heavy atom. The van der Waals surface area contributed by atoms with Crippen LogP contribution in [0.1, 0.15) is 16.9 Å². The lowest BCUT2D eigenvalue weighted by molar-refractivity contribution is 0.112. The number of furan rings is 1. The zero-order valence-electron chi connectivity index (χ0n) is 10.5. The predicted octanol–water partition coefficient (Wildman–Crippen LogP) is 2.05. The van der Waals surface area contributed by atoms with Crippen molar-refractivity contribution in [3.05, 3.63) is 59.5 Å². The highest BCUT2D eigenvalue weighted by molar-refractivity contribution is 5.31. The van der Waals surface area contributed by atoms with E-state index in [2.05, 4.69) is 0 Å². The summed E-state index contributed by atoms with van der Waals surface area (Å²) in [6, 6.07) is 11.5. The number of hydrogen-bond donors (Lipinski definition) is 2. The molecule has 0 saturated heterocycles. The molecule has 0 spiro atoms. The maximum atomic E-state index is 9.72. The lowest BCUT2D eigenvalue weighted by atomic mass is 9.78. The van der Waals surface area contributed by atoms with Crippen LogP contribution in [0.25, 0.3) is 0 Å². The Balaban J connectivity index is 2.37. The first-order valence-corrected chi connectivity index (χ1v) is 6.01. The summed E-state index contributed by atoms with van der Waals surface area (Å²) in [7, 11) is 0. The Morgan fingerprint density at radius 1 is 1.11 bits per heavy atom. The molecular weight excluding hydrogens is 228 g/mol. The van der Waals surface area contributed by atoms with Crippen LogP contribution in [0.5, 0.6) is 0 Å². The van der Waals surface area contributed by atoms with Crippen molar-refractivity contribution in [2.75, 3.05) is 13.2 Å². The third-order valence-electron chi connectivity index (χ3n) is 3.33. The summed E-state index contributed by atoms with van der Waals surface area (Å²) in [6.45, 7) is 1.76. The summed E-state index contributed by atoms with van der Waals surface area (Å²) in [5.74, 6) is 0.764. The lowest BCUT2D eigenvalue weighted by Gasteiger charge is -2.29. The second kappa shape index (κ2) is 5.38. The first-order chi connectivity index (χ1) is 8.70. The molecule has 2 rings (SSSR count). The fourth-order valence-corrected chi connectivity index (χ4v) is 2.17. The number of hydrogen-bond acceptors (Lipinski definition) is 3. The Kier molecular flexibility index (Phi) is 3.84. The Hall–Kier alpha value is -1.58. The molecule has 0 atom stereocenters. The van der Waals surface area contributed by atoms with Gasteiger partial charge in [0.1, 0.15) is 5.76 Å². The molecule has 3 heteroatoms. The van der Waals surface area contributed by atoms with E-state index in [1.54, 1.807) is 6.26 Å². The van der Waals surface area contributed by atoms with Crippen LogP contribution in [0, 0.1) is 6.92 Å². The number of benzene rings is 1. The molecule has 96 valence electrons. The Labute approximate surface area is 107 Å². The van der Waals surface area contributed by atoms with Crippen LogP contribution in [0.2, 0.25) is 0 Å². The van der Waals surface area contributed by atoms with Crippen LogP contribution in [0.3, 0.4) is 0 Å². The predicted molar refractivity (Wildman–Crippen MR) is 69.4 cm³/mol. The van der Waals surface area contributed by atoms with Crippen molar-refractivity contribution in [3.63, 3.8) is 0 Å². The van der Waals surface area contributed by atoms with Gasteiger partial charge in [0.05, 0.1) is 19.5 Å². The fourth-order valence-electron chi connectivity index (χ4n) is 2.17. The van der Waals surface area contributed by atoms with Gasteiger partial charge in [-0.05, 0) is 24.6 Å². The van der Waals surface area contributed by atoms with Crippen molar-refractivity contribution >= 4 is 0 Å². The van der Waals surface area contributed by atoms with E-state index in [1.165, 1.54) is 0 Å². The van der Waals surface area contributed by atoms with Crippen LogP contribution in [0.4, 0.5) is 0 Å². The first-order valence-electron chi connectivity index (χ1n) is 6.01. The van der Waals surface area contributed by atoms with Crippen molar-refractivity contribution in [2.45, 2.75) is 18.8 Å². The van der Waals surface area contributed by atoms with Crippen LogP contribution >= 0.6 is 0 Å². The third kappa shape index (κ3) is 2.47. The first kappa shape index (κ1) is 12.9. The van der Waals surface area contributed by atoms with Gasteiger partial charge in [-0.3, -0.25) is 0 Å². The van der Waals surface area contributed by atoms with Crippen LogP contribution in [-0.4, -0.2) is 23.4 Å². The van der Waals surface area contributed by atoms with Crippen molar-refractivity contribution in [2.24, 2.45) is 0 Å². The molecule has 0 unspecified atom stereocenters. The highest BCUT2D eigenvalue weighted by Gasteiger charge is 2.32. The molecule has 3 nitrogen and oxygen atoms in total. The molecule has 0 radical (unpaired) electrons. The van der Waals surface area contributed by atoms with Gasteiger partial charge < -0.3 is 14.6 Å². The maximum Gasteiger partial charge on any atom is 0.104 e. The quantitative estimate of drug-likeness (QED) is 0.849. The second-order valence-corrected chi connectivity index (χ2v) is 4.72. The van der Waals surface area contributed by atoms with Gasteiger partial charge in [0.15, 0.2) is 0 Å². The largest absolute Gasteiger partial charge is 0.469 e. The van der Waals surface area contributed by atoms with Crippen molar-refractivity contribution in [3.8, 4) is 0 Å². The van der Waals surface area contributed by atoms with Gasteiger partial charge in [-0.2, -0.15) is 0 Å². The topological polar surface area (TPSA) is 53.6 Å². The molecule has 2 N–H and O–H groups in total. The van der Waals surface area contributed by atoms with Crippen LogP contribution in [0.15, 0.2) is 47.1 Å². The zero-order chi connectivity index (χ0) is 13.0. The van der Waals surface area contributed by atoms with Crippen molar-refractivity contribution in [1.82, 2.24) is 0 Å². The molecule has 0 saturated carbocycles. The molecule has 0 fully saturated rings. The molecule has 1 heterocycles. The zero-order valence-corrected chi connectivity index (χ0v) is 10.5. The van der Waals surface area contributed by atoms with E-state index < -0.39 is 5.41 Å². The van der Waals surface area contributed by atoms with Gasteiger partial charge in [-0.25, -0.2) is 0 Å². The monoisotopic (exact) mass is 246 g/mol. The molecule has 0 amide bonds. The van der Waals surface area contributed by atoms with E-state index in [-0.39, 0.29) is 13.2 Å². The summed E-state index contributed by atoms with van der Waals surface area (Å²) >= 11 is 0. The van der Waals surface area contributed by atoms with Crippen molar-refractivity contribution in [1.29, 1.82) is 0 Å². The molecular formula is C15H18O3. The van der Waals surface area contributed by atoms with Gasteiger partial charge >= 0.3 is 0 Å². The van der Waals surface area contributed by atoms with Gasteiger partial charge in [0.2, 0.25) is 0 Å². The molecule has 1 aromatic heterocycles. The maximum absolute atomic E-state index is 9.72. The van der Waals surface area contributed by atoms with E-state index >= 15 is 0 Å². The van der Waals surface area contributed by atoms with Crippen LogP contribution in [-0.2, 0) is 11.8 Å². The summed E-state index contributed by atoms with van der Waals surface area (Å²) in [6.07, 6.45) is 2.08. The number of aliphatic hydroxyl groups excluding tert-OH is 2. The molecule has 0 aliphatic rings. The minimum Gasteiger partial charge on any atom is -0.469 e. The normalized spacial score (nSPS) is 11.7. The van der Waals surface area contributed by atoms with E-state index in [0.29, 0.717) is 6.42 Å². The number of aliphatic hydroxyl groups is 2. The average Bonchev–Trinajstić information content (AvgIpc) is 2.89. The van der Waals surface area contributed by atoms with E-state index in [9.17, 15) is 10.2 Å². The summed E-state index contributed by atoms with van der Waals surface area (Å²) < 4.78 is 5.32. The highest BCUT2D eigenvalue weighted by Crippen LogP contribution is 2.28. The fraction of sp³-hybridized carbons (Fsp3) is 0.333. The smallest absolute Gasteiger partial charge is 0.104 e. The second-order valence-electron chi connectivity index (χ2n) is 4.72. The van der Waals surface area contributed by atoms with Crippen LogP contribution < -0.4 is 0 Å². The standard InChI is InChI=1S/C15H18O3/c1-12-4-2-5-13(8-12)15(10-16,11-17)9-14-6-3-7-18-14/h2-8,16-17H,9-11H2,1H3. The Morgan fingerprint density at radius 2 is 1.89 bits per heavy atom. The molecule has 18 heavy (non-hydrogen) atoms. The summed E-state index contributed by atoms with van der Waals surface area (Å²) in [4.78, 5) is 0. The SMILES string of the molecule is Cc1cccc(C(CO)(CO)Cc2ccco2)c1. The third-order valence-corrected chi connectivity index (χ3v) is 3.33. The summed E-state index contributed by atoms with van der Waals surface area (Å²) in [5, 5.41) is 19.4. The van der Waals surface area contributed by atoms with Gasteiger partial charge in [0.25, 0.3) is 0 Å². The molecule has 0 aliphatic heterocycles. The van der Waals surface area contributed by atoms with E-state index in [4.69, 9.17) is 4.42 Å². The molecule has 0 bridgehead atoms. The van der Waals surface area contributed by atoms with Crippen molar-refractivity contribution < 1.29 is 14.6 Å². The minimum absolute atomic E-state index is 0.117. The lowest BCUT2D eigenvalue weighted by Crippen LogP contribution is -2.37. The summed E-state index contributed by atoms with van der Waals surface area (Å²) in [5.41, 5.74) is 1.35. The van der Waals surface area contributed by atoms with E-state index in [1.807, 2.05) is 43.3 Å².